The van der Waals surface area contributed by atoms with E-state index in [-0.39, 0.29) is 0 Å². The van der Waals surface area contributed by atoms with Crippen molar-refractivity contribution in [1.82, 2.24) is 0 Å². The summed E-state index contributed by atoms with van der Waals surface area (Å²) in [5.41, 5.74) is 6.99. The van der Waals surface area contributed by atoms with Crippen LogP contribution in [0.15, 0.2) is 23.1 Å². The summed E-state index contributed by atoms with van der Waals surface area (Å²) in [5.74, 6) is 0. The molecular weight excluding hydrogens is 186 g/mol. The Bertz CT molecular complexity index is 431. The molecule has 0 unspecified atom stereocenters. The largest absolute Gasteiger partial charge is 0.390 e. The zero-order valence-corrected chi connectivity index (χ0v) is 8.38. The number of hydrogen-bond donors (Lipinski definition) is 2. The Morgan fingerprint density at radius 3 is 2.92 bits per heavy atom. The molecule has 12 heavy (non-hydrogen) atoms. The van der Waals surface area contributed by atoms with E-state index in [2.05, 4.69) is 37.8 Å². The molecule has 2 aromatic rings. The van der Waals surface area contributed by atoms with E-state index in [9.17, 15) is 0 Å². The van der Waals surface area contributed by atoms with Crippen LogP contribution in [0.1, 0.15) is 5.56 Å². The van der Waals surface area contributed by atoms with Gasteiger partial charge in [-0.25, -0.2) is 0 Å². The highest BCUT2D eigenvalue weighted by Crippen LogP contribution is 2.36. The molecule has 0 fully saturated rings. The summed E-state index contributed by atoms with van der Waals surface area (Å²) < 4.78 is 1.21. The Hall–Kier alpha value is -0.670. The zero-order chi connectivity index (χ0) is 8.72. The van der Waals surface area contributed by atoms with E-state index < -0.39 is 0 Å². The normalized spacial score (nSPS) is 10.8. The van der Waals surface area contributed by atoms with Crippen LogP contribution in [0.2, 0.25) is 0 Å². The first-order valence-corrected chi connectivity index (χ1v) is 4.92. The fourth-order valence-electron chi connectivity index (χ4n) is 1.22. The third kappa shape index (κ3) is 1.09. The van der Waals surface area contributed by atoms with Crippen molar-refractivity contribution in [3.8, 4) is 0 Å². The van der Waals surface area contributed by atoms with Gasteiger partial charge in [0.2, 0.25) is 0 Å². The number of hydrogen-bond acceptors (Lipinski definition) is 3. The Balaban J connectivity index is 2.88. The van der Waals surface area contributed by atoms with E-state index in [1.807, 2.05) is 0 Å². The minimum Gasteiger partial charge on any atom is -0.390 e. The van der Waals surface area contributed by atoms with Crippen LogP contribution >= 0.6 is 24.0 Å². The van der Waals surface area contributed by atoms with E-state index in [1.54, 1.807) is 11.3 Å². The van der Waals surface area contributed by atoms with Crippen molar-refractivity contribution < 1.29 is 0 Å². The number of rotatable bonds is 0. The molecule has 0 atom stereocenters. The fourth-order valence-corrected chi connectivity index (χ4v) is 2.47. The molecule has 1 nitrogen and oxygen atoms in total. The van der Waals surface area contributed by atoms with Crippen LogP contribution < -0.4 is 5.73 Å². The molecule has 0 radical (unpaired) electrons. The molecule has 2 rings (SSSR count). The van der Waals surface area contributed by atoms with Gasteiger partial charge in [-0.05, 0) is 19.1 Å². The smallest absolute Gasteiger partial charge is 0.100 e. The van der Waals surface area contributed by atoms with Gasteiger partial charge in [-0.3, -0.25) is 0 Å². The van der Waals surface area contributed by atoms with Gasteiger partial charge in [-0.2, -0.15) is 0 Å². The Morgan fingerprint density at radius 1 is 1.42 bits per heavy atom. The van der Waals surface area contributed by atoms with E-state index in [0.29, 0.717) is 0 Å². The maximum absolute atomic E-state index is 5.74. The molecule has 62 valence electrons. The highest BCUT2D eigenvalue weighted by atomic mass is 32.1. The predicted octanol–water partition coefficient (Wildman–Crippen LogP) is 3.08. The predicted molar refractivity (Wildman–Crippen MR) is 58.2 cm³/mol. The Morgan fingerprint density at radius 2 is 2.17 bits per heavy atom. The zero-order valence-electron chi connectivity index (χ0n) is 6.66. The minimum atomic E-state index is 0.805. The Kier molecular flexibility index (Phi) is 1.77. The summed E-state index contributed by atoms with van der Waals surface area (Å²) in [6, 6.07) is 6.29. The first-order chi connectivity index (χ1) is 5.68. The molecule has 1 heterocycles. The SMILES string of the molecule is Cc1ccc2sc(N)c(S)c2c1. The molecule has 0 saturated carbocycles. The molecule has 2 N–H and O–H groups in total. The van der Waals surface area contributed by atoms with Gasteiger partial charge in [0.05, 0.1) is 0 Å². The molecule has 0 spiro atoms. The van der Waals surface area contributed by atoms with Crippen LogP contribution in [0.25, 0.3) is 10.1 Å². The van der Waals surface area contributed by atoms with E-state index in [4.69, 9.17) is 5.73 Å². The highest BCUT2D eigenvalue weighted by Gasteiger charge is 2.05. The number of thiol groups is 1. The first kappa shape index (κ1) is 7.95. The lowest BCUT2D eigenvalue weighted by atomic mass is 10.2. The quantitative estimate of drug-likeness (QED) is 0.621. The molecule has 1 aromatic heterocycles. The number of aryl methyl sites for hydroxylation is 1. The van der Waals surface area contributed by atoms with Crippen LogP contribution in [-0.2, 0) is 0 Å². The van der Waals surface area contributed by atoms with Gasteiger partial charge in [0.25, 0.3) is 0 Å². The molecule has 0 aliphatic heterocycles. The number of nitrogen functional groups attached to an aromatic ring is 1. The van der Waals surface area contributed by atoms with Gasteiger partial charge < -0.3 is 5.73 Å². The standard InChI is InChI=1S/C9H9NS2/c1-5-2-3-7-6(4-5)8(11)9(10)12-7/h2-4,11H,10H2,1H3. The maximum atomic E-state index is 5.74. The van der Waals surface area contributed by atoms with Gasteiger partial charge in [0.1, 0.15) is 5.00 Å². The molecule has 0 bridgehead atoms. The lowest BCUT2D eigenvalue weighted by Gasteiger charge is -1.92. The second-order valence-electron chi connectivity index (χ2n) is 2.81. The molecule has 1 aromatic carbocycles. The van der Waals surface area contributed by atoms with Crippen molar-refractivity contribution in [2.45, 2.75) is 11.8 Å². The van der Waals surface area contributed by atoms with Gasteiger partial charge in [-0.15, -0.1) is 24.0 Å². The van der Waals surface area contributed by atoms with Crippen LogP contribution in [0.5, 0.6) is 0 Å². The second-order valence-corrected chi connectivity index (χ2v) is 4.35. The number of nitrogens with two attached hydrogens (primary N) is 1. The van der Waals surface area contributed by atoms with Crippen molar-refractivity contribution >= 4 is 39.1 Å². The third-order valence-electron chi connectivity index (χ3n) is 1.84. The topological polar surface area (TPSA) is 26.0 Å². The van der Waals surface area contributed by atoms with Crippen LogP contribution in [0, 0.1) is 6.92 Å². The summed E-state index contributed by atoms with van der Waals surface area (Å²) in [6.07, 6.45) is 0. The average Bonchev–Trinajstić information content (AvgIpc) is 2.31. The maximum Gasteiger partial charge on any atom is 0.100 e. The van der Waals surface area contributed by atoms with E-state index in [0.717, 1.165) is 9.90 Å². The first-order valence-electron chi connectivity index (χ1n) is 3.66. The molecule has 0 aliphatic carbocycles. The van der Waals surface area contributed by atoms with Crippen molar-refractivity contribution in [3.05, 3.63) is 23.8 Å². The third-order valence-corrected chi connectivity index (χ3v) is 3.48. The molecule has 0 amide bonds. The van der Waals surface area contributed by atoms with Gasteiger partial charge in [-0.1, -0.05) is 11.6 Å². The van der Waals surface area contributed by atoms with Crippen LogP contribution in [0.4, 0.5) is 5.00 Å². The minimum absolute atomic E-state index is 0.805. The van der Waals surface area contributed by atoms with Crippen molar-refractivity contribution in [2.75, 3.05) is 5.73 Å². The Labute approximate surface area is 80.6 Å². The van der Waals surface area contributed by atoms with Crippen molar-refractivity contribution in [3.63, 3.8) is 0 Å². The van der Waals surface area contributed by atoms with Crippen LogP contribution in [0.3, 0.4) is 0 Å². The number of thiophene rings is 1. The lowest BCUT2D eigenvalue weighted by molar-refractivity contribution is 1.50. The summed E-state index contributed by atoms with van der Waals surface area (Å²) in [6.45, 7) is 2.07. The fraction of sp³-hybridized carbons (Fsp3) is 0.111. The summed E-state index contributed by atoms with van der Waals surface area (Å²) in [7, 11) is 0. The number of benzene rings is 1. The van der Waals surface area contributed by atoms with Crippen LogP contribution in [-0.4, -0.2) is 0 Å². The second kappa shape index (κ2) is 2.68. The molecule has 0 saturated heterocycles. The van der Waals surface area contributed by atoms with E-state index >= 15 is 0 Å². The number of fused-ring (bicyclic) bond motifs is 1. The van der Waals surface area contributed by atoms with Crippen molar-refractivity contribution in [2.24, 2.45) is 0 Å². The van der Waals surface area contributed by atoms with Gasteiger partial charge in [0.15, 0.2) is 0 Å². The van der Waals surface area contributed by atoms with E-state index in [1.165, 1.54) is 15.6 Å². The number of anilines is 1. The monoisotopic (exact) mass is 195 g/mol. The average molecular weight is 195 g/mol. The lowest BCUT2D eigenvalue weighted by Crippen LogP contribution is -1.77. The highest BCUT2D eigenvalue weighted by molar-refractivity contribution is 7.81. The molecular formula is C9H9NS2. The van der Waals surface area contributed by atoms with Crippen molar-refractivity contribution in [1.29, 1.82) is 0 Å². The van der Waals surface area contributed by atoms with Gasteiger partial charge in [0, 0.05) is 15.0 Å². The molecule has 0 aliphatic rings. The van der Waals surface area contributed by atoms with Gasteiger partial charge >= 0.3 is 0 Å². The summed E-state index contributed by atoms with van der Waals surface area (Å²) in [4.78, 5) is 0.915. The summed E-state index contributed by atoms with van der Waals surface area (Å²) >= 11 is 5.94. The molecule has 3 heteroatoms. The summed E-state index contributed by atoms with van der Waals surface area (Å²) in [5, 5.41) is 1.97.